The number of hydrogen-bond donors (Lipinski definition) is 2. The second-order valence-electron chi connectivity index (χ2n) is 6.14. The van der Waals surface area contributed by atoms with E-state index in [0.717, 1.165) is 5.56 Å². The van der Waals surface area contributed by atoms with Gasteiger partial charge in [0.05, 0.1) is 11.1 Å². The first kappa shape index (κ1) is 21.0. The predicted octanol–water partition coefficient (Wildman–Crippen LogP) is 2.35. The summed E-state index contributed by atoms with van der Waals surface area (Å²) in [6.07, 6.45) is 3.83. The number of halogens is 1. The number of benzene rings is 2. The lowest BCUT2D eigenvalue weighted by Gasteiger charge is -2.11. The molecule has 0 radical (unpaired) electrons. The van der Waals surface area contributed by atoms with Gasteiger partial charge in [0.1, 0.15) is 11.5 Å². The zero-order chi connectivity index (χ0) is 21.0. The maximum Gasteiger partial charge on any atom is 0.269 e. The molecule has 0 aliphatic carbocycles. The highest BCUT2D eigenvalue weighted by Crippen LogP contribution is 2.22. The average Bonchev–Trinajstić information content (AvgIpc) is 3.12. The number of primary sulfonamides is 1. The molecule has 0 atom stereocenters. The minimum absolute atomic E-state index is 0.0399. The Bertz CT molecular complexity index is 1110. The number of nitrogens with one attached hydrogen (secondary N) is 1. The standard InChI is InChI=1S/C19H19FN4O3S2/c1-28-19-23-12-17(24(19)15-6-4-14(20)5-7-15)18(25)22-11-10-13-2-8-16(9-3-13)29(21,26)27/h2-9,12H,10-11H2,1H3,(H,22,25)(H2,21,26,27). The largest absolute Gasteiger partial charge is 0.350 e. The van der Waals surface area contributed by atoms with Gasteiger partial charge < -0.3 is 5.32 Å². The summed E-state index contributed by atoms with van der Waals surface area (Å²) in [5, 5.41) is 8.52. The molecule has 29 heavy (non-hydrogen) atoms. The molecule has 3 N–H and O–H groups in total. The van der Waals surface area contributed by atoms with Crippen molar-refractivity contribution in [1.82, 2.24) is 14.9 Å². The van der Waals surface area contributed by atoms with E-state index in [1.165, 1.54) is 42.2 Å². The number of nitrogens with two attached hydrogens (primary N) is 1. The van der Waals surface area contributed by atoms with Crippen LogP contribution in [0.4, 0.5) is 4.39 Å². The Balaban J connectivity index is 1.70. The van der Waals surface area contributed by atoms with Gasteiger partial charge in [0.2, 0.25) is 10.0 Å². The highest BCUT2D eigenvalue weighted by atomic mass is 32.2. The van der Waals surface area contributed by atoms with E-state index in [9.17, 15) is 17.6 Å². The summed E-state index contributed by atoms with van der Waals surface area (Å²) in [6, 6.07) is 12.0. The minimum atomic E-state index is -3.73. The third-order valence-electron chi connectivity index (χ3n) is 4.18. The van der Waals surface area contributed by atoms with Crippen molar-refractivity contribution in [1.29, 1.82) is 0 Å². The first-order valence-electron chi connectivity index (χ1n) is 8.57. The van der Waals surface area contributed by atoms with Crippen molar-refractivity contribution < 1.29 is 17.6 Å². The topological polar surface area (TPSA) is 107 Å². The van der Waals surface area contributed by atoms with Crippen LogP contribution in [0.3, 0.4) is 0 Å². The van der Waals surface area contributed by atoms with Gasteiger partial charge in [-0.3, -0.25) is 9.36 Å². The van der Waals surface area contributed by atoms with Crippen molar-refractivity contribution in [3.63, 3.8) is 0 Å². The van der Waals surface area contributed by atoms with E-state index in [-0.39, 0.29) is 16.6 Å². The molecule has 0 spiro atoms. The molecule has 3 rings (SSSR count). The predicted molar refractivity (Wildman–Crippen MR) is 109 cm³/mol. The van der Waals surface area contributed by atoms with Crippen molar-refractivity contribution in [3.8, 4) is 5.69 Å². The summed E-state index contributed by atoms with van der Waals surface area (Å²) in [5.41, 5.74) is 1.83. The van der Waals surface area contributed by atoms with Crippen molar-refractivity contribution in [2.24, 2.45) is 5.14 Å². The number of thioether (sulfide) groups is 1. The smallest absolute Gasteiger partial charge is 0.269 e. The third kappa shape index (κ3) is 5.03. The molecule has 7 nitrogen and oxygen atoms in total. The van der Waals surface area contributed by atoms with Crippen LogP contribution in [0, 0.1) is 5.82 Å². The molecule has 0 saturated heterocycles. The van der Waals surface area contributed by atoms with Gasteiger partial charge in [0.15, 0.2) is 5.16 Å². The molecule has 1 heterocycles. The summed E-state index contributed by atoms with van der Waals surface area (Å²) < 4.78 is 37.5. The minimum Gasteiger partial charge on any atom is -0.350 e. The molecule has 0 bridgehead atoms. The molecular formula is C19H19FN4O3S2. The molecule has 1 aromatic heterocycles. The number of amides is 1. The molecule has 10 heteroatoms. The van der Waals surface area contributed by atoms with Crippen LogP contribution >= 0.6 is 11.8 Å². The Morgan fingerprint density at radius 2 is 1.83 bits per heavy atom. The summed E-state index contributed by atoms with van der Waals surface area (Å²) in [6.45, 7) is 0.344. The lowest BCUT2D eigenvalue weighted by Crippen LogP contribution is -2.27. The molecule has 1 amide bonds. The van der Waals surface area contributed by atoms with Crippen molar-refractivity contribution in [2.45, 2.75) is 16.5 Å². The molecule has 0 saturated carbocycles. The van der Waals surface area contributed by atoms with Crippen molar-refractivity contribution >= 4 is 27.7 Å². The van der Waals surface area contributed by atoms with E-state index in [1.807, 2.05) is 6.26 Å². The molecule has 0 aliphatic rings. The van der Waals surface area contributed by atoms with Crippen LogP contribution in [0.25, 0.3) is 5.69 Å². The molecule has 0 fully saturated rings. The van der Waals surface area contributed by atoms with E-state index < -0.39 is 10.0 Å². The van der Waals surface area contributed by atoms with Gasteiger partial charge in [0, 0.05) is 12.2 Å². The fourth-order valence-corrected chi connectivity index (χ4v) is 3.80. The molecule has 0 aliphatic heterocycles. The fourth-order valence-electron chi connectivity index (χ4n) is 2.74. The first-order valence-corrected chi connectivity index (χ1v) is 11.3. The summed E-state index contributed by atoms with van der Waals surface area (Å²) in [7, 11) is -3.73. The van der Waals surface area contributed by atoms with Crippen LogP contribution in [0.15, 0.2) is 64.8 Å². The number of carbonyl (C=O) groups excluding carboxylic acids is 1. The molecule has 152 valence electrons. The van der Waals surface area contributed by atoms with Crippen LogP contribution in [0.1, 0.15) is 16.1 Å². The number of imidazole rings is 1. The monoisotopic (exact) mass is 434 g/mol. The number of carbonyl (C=O) groups is 1. The molecule has 0 unspecified atom stereocenters. The third-order valence-corrected chi connectivity index (χ3v) is 5.76. The Hall–Kier alpha value is -2.69. The van der Waals surface area contributed by atoms with Crippen molar-refractivity contribution in [2.75, 3.05) is 12.8 Å². The fraction of sp³-hybridized carbons (Fsp3) is 0.158. The molecular weight excluding hydrogens is 415 g/mol. The lowest BCUT2D eigenvalue weighted by molar-refractivity contribution is 0.0946. The summed E-state index contributed by atoms with van der Waals surface area (Å²) >= 11 is 1.38. The summed E-state index contributed by atoms with van der Waals surface area (Å²) in [4.78, 5) is 17.0. The highest BCUT2D eigenvalue weighted by Gasteiger charge is 2.17. The number of sulfonamides is 1. The number of nitrogens with zero attached hydrogens (tertiary/aromatic N) is 2. The Morgan fingerprint density at radius 1 is 1.17 bits per heavy atom. The van der Waals surface area contributed by atoms with Gasteiger partial charge in [-0.2, -0.15) is 0 Å². The molecule has 2 aromatic carbocycles. The van der Waals surface area contributed by atoms with Gasteiger partial charge in [-0.1, -0.05) is 23.9 Å². The van der Waals surface area contributed by atoms with E-state index in [0.29, 0.717) is 29.5 Å². The van der Waals surface area contributed by atoms with Crippen molar-refractivity contribution in [3.05, 3.63) is 71.8 Å². The van der Waals surface area contributed by atoms with Crippen LogP contribution in [-0.2, 0) is 16.4 Å². The normalized spacial score (nSPS) is 11.4. The quantitative estimate of drug-likeness (QED) is 0.555. The van der Waals surface area contributed by atoms with E-state index in [1.54, 1.807) is 28.8 Å². The van der Waals surface area contributed by atoms with Crippen LogP contribution in [0.2, 0.25) is 0 Å². The maximum atomic E-state index is 13.2. The van der Waals surface area contributed by atoms with Gasteiger partial charge >= 0.3 is 0 Å². The van der Waals surface area contributed by atoms with Gasteiger partial charge in [0.25, 0.3) is 5.91 Å². The van der Waals surface area contributed by atoms with E-state index in [2.05, 4.69) is 10.3 Å². The summed E-state index contributed by atoms with van der Waals surface area (Å²) in [5.74, 6) is -0.678. The number of rotatable bonds is 7. The van der Waals surface area contributed by atoms with Gasteiger partial charge in [-0.15, -0.1) is 0 Å². The Labute approximate surface area is 172 Å². The Morgan fingerprint density at radius 3 is 2.41 bits per heavy atom. The first-order chi connectivity index (χ1) is 13.8. The van der Waals surface area contributed by atoms with Gasteiger partial charge in [-0.25, -0.2) is 22.9 Å². The zero-order valence-corrected chi connectivity index (χ0v) is 17.1. The van der Waals surface area contributed by atoms with E-state index in [4.69, 9.17) is 5.14 Å². The highest BCUT2D eigenvalue weighted by molar-refractivity contribution is 7.98. The second kappa shape index (κ2) is 8.76. The number of aromatic nitrogens is 2. The van der Waals surface area contributed by atoms with Crippen LogP contribution in [-0.4, -0.2) is 36.7 Å². The molecule has 3 aromatic rings. The Kier molecular flexibility index (Phi) is 6.36. The lowest BCUT2D eigenvalue weighted by atomic mass is 10.1. The number of hydrogen-bond acceptors (Lipinski definition) is 5. The van der Waals surface area contributed by atoms with Gasteiger partial charge in [-0.05, 0) is 54.6 Å². The van der Waals surface area contributed by atoms with Crippen LogP contribution < -0.4 is 10.5 Å². The van der Waals surface area contributed by atoms with Crippen LogP contribution in [0.5, 0.6) is 0 Å². The SMILES string of the molecule is CSc1ncc(C(=O)NCCc2ccc(S(N)(=O)=O)cc2)n1-c1ccc(F)cc1. The van der Waals surface area contributed by atoms with E-state index >= 15 is 0 Å². The zero-order valence-electron chi connectivity index (χ0n) is 15.5. The average molecular weight is 435 g/mol. The maximum absolute atomic E-state index is 13.2. The second-order valence-corrected chi connectivity index (χ2v) is 8.47.